The van der Waals surface area contributed by atoms with E-state index in [2.05, 4.69) is 62.7 Å². The van der Waals surface area contributed by atoms with Gasteiger partial charge in [0, 0.05) is 11.4 Å². The van der Waals surface area contributed by atoms with Crippen LogP contribution in [0.4, 0.5) is 5.95 Å². The number of benzene rings is 1. The second kappa shape index (κ2) is 4.98. The Labute approximate surface area is 124 Å². The fourth-order valence-corrected chi connectivity index (χ4v) is 3.72. The van der Waals surface area contributed by atoms with Crippen LogP contribution in [0.25, 0.3) is 11.0 Å². The van der Waals surface area contributed by atoms with Crippen LogP contribution in [-0.4, -0.2) is 9.55 Å². The summed E-state index contributed by atoms with van der Waals surface area (Å²) in [5.74, 6) is 0.597. The van der Waals surface area contributed by atoms with Gasteiger partial charge in [-0.2, -0.15) is 0 Å². The molecule has 0 aliphatic heterocycles. The van der Waals surface area contributed by atoms with Crippen molar-refractivity contribution < 1.29 is 0 Å². The van der Waals surface area contributed by atoms with Gasteiger partial charge in [0.15, 0.2) is 0 Å². The molecule has 2 N–H and O–H groups in total. The number of anilines is 1. The average molecular weight is 336 g/mol. The van der Waals surface area contributed by atoms with E-state index in [-0.39, 0.29) is 0 Å². The smallest absolute Gasteiger partial charge is 0.201 e. The number of hydrogen-bond acceptors (Lipinski definition) is 3. The van der Waals surface area contributed by atoms with Crippen molar-refractivity contribution in [3.63, 3.8) is 0 Å². The summed E-state index contributed by atoms with van der Waals surface area (Å²) in [6.07, 6.45) is 0.972. The lowest BCUT2D eigenvalue weighted by molar-refractivity contribution is 0.733. The first-order valence-electron chi connectivity index (χ1n) is 6.10. The number of thiophene rings is 1. The van der Waals surface area contributed by atoms with E-state index in [1.54, 1.807) is 11.3 Å². The molecule has 3 nitrogen and oxygen atoms in total. The number of hydrogen-bond donors (Lipinski definition) is 1. The first-order valence-corrected chi connectivity index (χ1v) is 7.71. The van der Waals surface area contributed by atoms with Gasteiger partial charge in [0.05, 0.1) is 14.8 Å². The molecule has 0 radical (unpaired) electrons. The Morgan fingerprint density at radius 2 is 2.16 bits per heavy atom. The van der Waals surface area contributed by atoms with E-state index in [0.29, 0.717) is 5.95 Å². The van der Waals surface area contributed by atoms with Crippen LogP contribution >= 0.6 is 27.3 Å². The van der Waals surface area contributed by atoms with Crippen LogP contribution in [0.3, 0.4) is 0 Å². The maximum atomic E-state index is 6.04. The summed E-state index contributed by atoms with van der Waals surface area (Å²) >= 11 is 5.26. The second-order valence-corrected chi connectivity index (χ2v) is 7.07. The molecule has 0 saturated carbocycles. The van der Waals surface area contributed by atoms with Crippen molar-refractivity contribution in [1.29, 1.82) is 0 Å². The van der Waals surface area contributed by atoms with Gasteiger partial charge in [-0.3, -0.25) is 0 Å². The molecule has 2 aromatic heterocycles. The summed E-state index contributed by atoms with van der Waals surface area (Å²) in [6, 6.07) is 10.4. The molecule has 0 aliphatic rings. The van der Waals surface area contributed by atoms with Gasteiger partial charge >= 0.3 is 0 Å². The molecule has 5 heteroatoms. The van der Waals surface area contributed by atoms with Crippen molar-refractivity contribution in [2.75, 3.05) is 5.73 Å². The van der Waals surface area contributed by atoms with Gasteiger partial charge in [-0.05, 0) is 53.0 Å². The summed E-state index contributed by atoms with van der Waals surface area (Å²) in [6.45, 7) is 2.92. The highest BCUT2D eigenvalue weighted by molar-refractivity contribution is 9.11. The predicted octanol–water partition coefficient (Wildman–Crippen LogP) is 3.99. The highest BCUT2D eigenvalue weighted by Crippen LogP contribution is 2.25. The molecule has 2 heterocycles. The Hall–Kier alpha value is -1.33. The summed E-state index contributed by atoms with van der Waals surface area (Å²) < 4.78 is 3.26. The Morgan fingerprint density at radius 3 is 2.89 bits per heavy atom. The maximum Gasteiger partial charge on any atom is 0.201 e. The largest absolute Gasteiger partial charge is 0.369 e. The highest BCUT2D eigenvalue weighted by Gasteiger charge is 2.09. The minimum absolute atomic E-state index is 0.597. The number of nitrogens with two attached hydrogens (primary N) is 1. The number of rotatable bonds is 3. The van der Waals surface area contributed by atoms with Gasteiger partial charge in [-0.25, -0.2) is 4.98 Å². The van der Waals surface area contributed by atoms with Gasteiger partial charge in [-0.15, -0.1) is 11.3 Å². The third-order valence-electron chi connectivity index (χ3n) is 3.22. The molecule has 0 spiro atoms. The van der Waals surface area contributed by atoms with Crippen LogP contribution in [0.5, 0.6) is 0 Å². The van der Waals surface area contributed by atoms with Crippen LogP contribution in [0.1, 0.15) is 10.4 Å². The van der Waals surface area contributed by atoms with E-state index in [0.717, 1.165) is 24.0 Å². The van der Waals surface area contributed by atoms with Crippen molar-refractivity contribution in [1.82, 2.24) is 9.55 Å². The zero-order valence-electron chi connectivity index (χ0n) is 10.6. The number of para-hydroxylation sites is 1. The molecule has 1 aromatic carbocycles. The predicted molar refractivity (Wildman–Crippen MR) is 84.6 cm³/mol. The summed E-state index contributed by atoms with van der Waals surface area (Å²) in [5, 5.41) is 0. The van der Waals surface area contributed by atoms with Crippen LogP contribution in [0.15, 0.2) is 34.1 Å². The molecule has 0 aliphatic carbocycles. The van der Waals surface area contributed by atoms with Gasteiger partial charge < -0.3 is 10.3 Å². The molecule has 0 fully saturated rings. The van der Waals surface area contributed by atoms with Crippen LogP contribution in [-0.2, 0) is 13.0 Å². The Kier molecular flexibility index (Phi) is 3.33. The lowest BCUT2D eigenvalue weighted by atomic mass is 10.2. The van der Waals surface area contributed by atoms with Gasteiger partial charge in [0.1, 0.15) is 0 Å². The van der Waals surface area contributed by atoms with E-state index >= 15 is 0 Å². The molecule has 19 heavy (non-hydrogen) atoms. The summed E-state index contributed by atoms with van der Waals surface area (Å²) in [7, 11) is 0. The van der Waals surface area contributed by atoms with Crippen molar-refractivity contribution in [3.05, 3.63) is 44.6 Å². The third-order valence-corrected chi connectivity index (χ3v) is 4.90. The first-order chi connectivity index (χ1) is 9.15. The number of nitrogens with zero attached hydrogens (tertiary/aromatic N) is 2. The highest BCUT2D eigenvalue weighted by atomic mass is 79.9. The quantitative estimate of drug-likeness (QED) is 0.786. The molecule has 0 bridgehead atoms. The van der Waals surface area contributed by atoms with Gasteiger partial charge in [0.2, 0.25) is 5.95 Å². The van der Waals surface area contributed by atoms with Crippen molar-refractivity contribution >= 4 is 44.2 Å². The average Bonchev–Trinajstić information content (AvgIpc) is 2.92. The summed E-state index contributed by atoms with van der Waals surface area (Å²) in [5.41, 5.74) is 9.33. The Balaban J connectivity index is 1.92. The van der Waals surface area contributed by atoms with Crippen molar-refractivity contribution in [2.45, 2.75) is 19.9 Å². The minimum Gasteiger partial charge on any atom is -0.369 e. The fourth-order valence-electron chi connectivity index (χ4n) is 2.25. The maximum absolute atomic E-state index is 6.04. The van der Waals surface area contributed by atoms with Crippen LogP contribution in [0.2, 0.25) is 0 Å². The second-order valence-electron chi connectivity index (χ2n) is 4.52. The zero-order valence-corrected chi connectivity index (χ0v) is 13.0. The SMILES string of the molecule is Cc1cccc2c1nc(N)n2CCc1ccc(Br)s1. The van der Waals surface area contributed by atoms with Crippen molar-refractivity contribution in [3.8, 4) is 0 Å². The van der Waals surface area contributed by atoms with E-state index in [1.165, 1.54) is 14.2 Å². The fraction of sp³-hybridized carbons (Fsp3) is 0.214. The third kappa shape index (κ3) is 2.40. The van der Waals surface area contributed by atoms with Crippen molar-refractivity contribution in [2.24, 2.45) is 0 Å². The molecule has 3 rings (SSSR count). The Morgan fingerprint density at radius 1 is 1.32 bits per heavy atom. The van der Waals surface area contributed by atoms with E-state index in [1.807, 2.05) is 0 Å². The topological polar surface area (TPSA) is 43.8 Å². The van der Waals surface area contributed by atoms with E-state index in [4.69, 9.17) is 5.73 Å². The number of fused-ring (bicyclic) bond motifs is 1. The number of aryl methyl sites for hydroxylation is 3. The van der Waals surface area contributed by atoms with Gasteiger partial charge in [0.25, 0.3) is 0 Å². The monoisotopic (exact) mass is 335 g/mol. The lowest BCUT2D eigenvalue weighted by Gasteiger charge is -2.05. The standard InChI is InChI=1S/C14H14BrN3S/c1-9-3-2-4-11-13(9)17-14(16)18(11)8-7-10-5-6-12(15)19-10/h2-6H,7-8H2,1H3,(H2,16,17). The summed E-state index contributed by atoms with van der Waals surface area (Å²) in [4.78, 5) is 5.81. The normalized spacial score (nSPS) is 11.3. The van der Waals surface area contributed by atoms with E-state index in [9.17, 15) is 0 Å². The molecular formula is C14H14BrN3S. The van der Waals surface area contributed by atoms with Gasteiger partial charge in [-0.1, -0.05) is 12.1 Å². The van der Waals surface area contributed by atoms with E-state index < -0.39 is 0 Å². The Bertz CT molecular complexity index is 729. The number of nitrogen functional groups attached to an aromatic ring is 1. The number of aromatic nitrogens is 2. The molecule has 98 valence electrons. The lowest BCUT2D eigenvalue weighted by Crippen LogP contribution is -2.04. The minimum atomic E-state index is 0.597. The van der Waals surface area contributed by atoms with Crippen LogP contribution < -0.4 is 5.73 Å². The zero-order chi connectivity index (χ0) is 13.4. The molecule has 3 aromatic rings. The number of halogens is 1. The molecular weight excluding hydrogens is 322 g/mol. The molecule has 0 unspecified atom stereocenters. The molecule has 0 saturated heterocycles. The molecule has 0 atom stereocenters. The van der Waals surface area contributed by atoms with Crippen LogP contribution in [0, 0.1) is 6.92 Å². The number of imidazole rings is 1. The molecule has 0 amide bonds. The first kappa shape index (κ1) is 12.7.